The number of hydrogen-bond donors (Lipinski definition) is 2. The number of piperidine rings is 1. The number of anilines is 1. The van der Waals surface area contributed by atoms with Crippen molar-refractivity contribution in [2.75, 3.05) is 24.5 Å². The Bertz CT molecular complexity index is 492. The molecule has 3 rings (SSSR count). The maximum absolute atomic E-state index is 11.6. The van der Waals surface area contributed by atoms with Crippen molar-refractivity contribution in [1.82, 2.24) is 15.3 Å². The highest BCUT2D eigenvalue weighted by Gasteiger charge is 2.25. The first-order valence-electron chi connectivity index (χ1n) is 6.95. The van der Waals surface area contributed by atoms with Crippen LogP contribution in [0.5, 0.6) is 0 Å². The maximum Gasteiger partial charge on any atom is 0.266 e. The van der Waals surface area contributed by atoms with E-state index in [1.807, 2.05) is 0 Å². The van der Waals surface area contributed by atoms with Gasteiger partial charge in [0, 0.05) is 19.1 Å². The molecule has 2 heterocycles. The lowest BCUT2D eigenvalue weighted by Crippen LogP contribution is -2.44. The van der Waals surface area contributed by atoms with E-state index in [9.17, 15) is 4.79 Å². The fourth-order valence-corrected chi connectivity index (χ4v) is 3.18. The van der Waals surface area contributed by atoms with E-state index in [-0.39, 0.29) is 5.56 Å². The highest BCUT2D eigenvalue weighted by atomic mass is 127. The summed E-state index contributed by atoms with van der Waals surface area (Å²) in [5.41, 5.74) is -0.0421. The molecule has 19 heavy (non-hydrogen) atoms. The molecule has 0 atom stereocenters. The fraction of sp³-hybridized carbons (Fsp3) is 0.692. The summed E-state index contributed by atoms with van der Waals surface area (Å²) in [5.74, 6) is 1.78. The minimum absolute atomic E-state index is 0.0421. The van der Waals surface area contributed by atoms with E-state index in [1.165, 1.54) is 25.7 Å². The zero-order valence-electron chi connectivity index (χ0n) is 10.9. The highest BCUT2D eigenvalue weighted by Crippen LogP contribution is 2.28. The van der Waals surface area contributed by atoms with Crippen LogP contribution < -0.4 is 15.8 Å². The third-order valence-electron chi connectivity index (χ3n) is 3.96. The number of hydrogen-bond acceptors (Lipinski definition) is 4. The van der Waals surface area contributed by atoms with Gasteiger partial charge in [-0.05, 0) is 60.7 Å². The predicted molar refractivity (Wildman–Crippen MR) is 83.5 cm³/mol. The Morgan fingerprint density at radius 2 is 2.11 bits per heavy atom. The summed E-state index contributed by atoms with van der Waals surface area (Å²) in [4.78, 5) is 20.7. The van der Waals surface area contributed by atoms with Gasteiger partial charge in [0.15, 0.2) is 0 Å². The lowest BCUT2D eigenvalue weighted by atomic mass is 10.0. The minimum atomic E-state index is -0.0421. The Labute approximate surface area is 126 Å². The summed E-state index contributed by atoms with van der Waals surface area (Å²) in [6, 6.07) is 0.636. The van der Waals surface area contributed by atoms with E-state index >= 15 is 0 Å². The molecule has 5 nitrogen and oxygen atoms in total. The number of aromatic amines is 1. The van der Waals surface area contributed by atoms with Crippen LogP contribution in [0.3, 0.4) is 0 Å². The second kappa shape index (κ2) is 5.78. The molecule has 1 aromatic heterocycles. The van der Waals surface area contributed by atoms with Gasteiger partial charge in [-0.15, -0.1) is 0 Å². The smallest absolute Gasteiger partial charge is 0.266 e. The van der Waals surface area contributed by atoms with Crippen molar-refractivity contribution in [3.63, 3.8) is 0 Å². The highest BCUT2D eigenvalue weighted by molar-refractivity contribution is 14.1. The average Bonchev–Trinajstić information content (AvgIpc) is 3.25. The number of nitrogens with one attached hydrogen (secondary N) is 2. The van der Waals surface area contributed by atoms with Crippen LogP contribution in [0, 0.1) is 9.49 Å². The van der Waals surface area contributed by atoms with E-state index in [0.29, 0.717) is 9.61 Å². The summed E-state index contributed by atoms with van der Waals surface area (Å²) in [5, 5.41) is 3.66. The topological polar surface area (TPSA) is 61.0 Å². The van der Waals surface area contributed by atoms with Gasteiger partial charge in [-0.1, -0.05) is 0 Å². The van der Waals surface area contributed by atoms with Gasteiger partial charge >= 0.3 is 0 Å². The van der Waals surface area contributed by atoms with E-state index in [1.54, 1.807) is 0 Å². The summed E-state index contributed by atoms with van der Waals surface area (Å²) in [6.45, 7) is 3.15. The number of rotatable bonds is 4. The van der Waals surface area contributed by atoms with Gasteiger partial charge in [0.05, 0.1) is 6.33 Å². The van der Waals surface area contributed by atoms with Crippen LogP contribution in [0.15, 0.2) is 11.1 Å². The molecule has 0 spiro atoms. The van der Waals surface area contributed by atoms with Crippen LogP contribution in [-0.4, -0.2) is 35.6 Å². The molecule has 0 aromatic carbocycles. The number of H-pyrrole nitrogens is 1. The van der Waals surface area contributed by atoms with Crippen molar-refractivity contribution in [2.24, 2.45) is 5.92 Å². The maximum atomic E-state index is 11.6. The average molecular weight is 374 g/mol. The number of nitrogens with zero attached hydrogens (tertiary/aromatic N) is 2. The lowest BCUT2D eigenvalue weighted by Gasteiger charge is -2.33. The molecule has 2 N–H and O–H groups in total. The quantitative estimate of drug-likeness (QED) is 0.782. The molecule has 0 amide bonds. The number of aromatic nitrogens is 2. The second-order valence-electron chi connectivity index (χ2n) is 5.48. The van der Waals surface area contributed by atoms with Crippen LogP contribution in [-0.2, 0) is 0 Å². The van der Waals surface area contributed by atoms with Gasteiger partial charge in [-0.3, -0.25) is 4.79 Å². The summed E-state index contributed by atoms with van der Waals surface area (Å²) >= 11 is 2.08. The molecular formula is C13H19IN4O. The van der Waals surface area contributed by atoms with Crippen LogP contribution in [0.2, 0.25) is 0 Å². The van der Waals surface area contributed by atoms with Gasteiger partial charge in [0.25, 0.3) is 5.56 Å². The zero-order valence-corrected chi connectivity index (χ0v) is 13.0. The van der Waals surface area contributed by atoms with Crippen LogP contribution in [0.25, 0.3) is 0 Å². The molecule has 6 heteroatoms. The van der Waals surface area contributed by atoms with Crippen molar-refractivity contribution in [3.05, 3.63) is 20.3 Å². The minimum Gasteiger partial charge on any atom is -0.355 e. The largest absolute Gasteiger partial charge is 0.355 e. The first kappa shape index (κ1) is 13.4. The van der Waals surface area contributed by atoms with E-state index < -0.39 is 0 Å². The first-order chi connectivity index (χ1) is 9.24. The Balaban J connectivity index is 1.56. The molecule has 104 valence electrons. The van der Waals surface area contributed by atoms with Crippen molar-refractivity contribution < 1.29 is 0 Å². The summed E-state index contributed by atoms with van der Waals surface area (Å²) < 4.78 is 0.699. The molecule has 1 aliphatic carbocycles. The Hall–Kier alpha value is -0.630. The van der Waals surface area contributed by atoms with E-state index in [2.05, 4.69) is 42.8 Å². The molecular weight excluding hydrogens is 355 g/mol. The molecule has 1 aromatic rings. The normalized spacial score (nSPS) is 20.8. The van der Waals surface area contributed by atoms with Crippen LogP contribution in [0.4, 0.5) is 5.82 Å². The molecule has 1 aliphatic heterocycles. The Morgan fingerprint density at radius 1 is 1.37 bits per heavy atom. The van der Waals surface area contributed by atoms with Gasteiger partial charge in [-0.25, -0.2) is 4.98 Å². The third-order valence-corrected chi connectivity index (χ3v) is 4.94. The fourth-order valence-electron chi connectivity index (χ4n) is 2.54. The standard InChI is InChI=1S/C13H19IN4O/c14-11-12(16-8-17-13(11)19)18-5-3-10(4-6-18)15-7-9-1-2-9/h8-10,15H,1-7H2,(H,16,17,19). The van der Waals surface area contributed by atoms with Crippen LogP contribution in [0.1, 0.15) is 25.7 Å². The molecule has 0 radical (unpaired) electrons. The number of halogens is 1. The molecule has 0 unspecified atom stereocenters. The van der Waals surface area contributed by atoms with E-state index in [0.717, 1.165) is 37.7 Å². The molecule has 2 aliphatic rings. The van der Waals surface area contributed by atoms with Crippen molar-refractivity contribution in [1.29, 1.82) is 0 Å². The molecule has 2 fully saturated rings. The van der Waals surface area contributed by atoms with Crippen molar-refractivity contribution in [3.8, 4) is 0 Å². The van der Waals surface area contributed by atoms with Gasteiger partial charge in [0.2, 0.25) is 0 Å². The molecule has 1 saturated heterocycles. The SMILES string of the molecule is O=c1[nH]cnc(N2CCC(NCC3CC3)CC2)c1I. The van der Waals surface area contributed by atoms with Gasteiger partial charge < -0.3 is 15.2 Å². The second-order valence-corrected chi connectivity index (χ2v) is 6.56. The predicted octanol–water partition coefficient (Wildman–Crippen LogP) is 1.34. The summed E-state index contributed by atoms with van der Waals surface area (Å²) in [6.07, 6.45) is 6.58. The van der Waals surface area contributed by atoms with Gasteiger partial charge in [0.1, 0.15) is 9.39 Å². The Kier molecular flexibility index (Phi) is 4.07. The third kappa shape index (κ3) is 3.28. The van der Waals surface area contributed by atoms with Crippen molar-refractivity contribution in [2.45, 2.75) is 31.7 Å². The lowest BCUT2D eigenvalue weighted by molar-refractivity contribution is 0.407. The van der Waals surface area contributed by atoms with Gasteiger partial charge in [-0.2, -0.15) is 0 Å². The summed E-state index contributed by atoms with van der Waals surface area (Å²) in [7, 11) is 0. The van der Waals surface area contributed by atoms with E-state index in [4.69, 9.17) is 0 Å². The van der Waals surface area contributed by atoms with Crippen LogP contribution >= 0.6 is 22.6 Å². The molecule has 1 saturated carbocycles. The monoisotopic (exact) mass is 374 g/mol. The van der Waals surface area contributed by atoms with Crippen molar-refractivity contribution >= 4 is 28.4 Å². The Morgan fingerprint density at radius 3 is 2.79 bits per heavy atom. The molecule has 0 bridgehead atoms. The zero-order chi connectivity index (χ0) is 13.2. The first-order valence-corrected chi connectivity index (χ1v) is 8.03.